The molecule has 5 nitrogen and oxygen atoms in total. The van der Waals surface area contributed by atoms with E-state index in [0.717, 1.165) is 37.7 Å². The van der Waals surface area contributed by atoms with Gasteiger partial charge < -0.3 is 15.5 Å². The van der Waals surface area contributed by atoms with Gasteiger partial charge in [-0.15, -0.1) is 36.2 Å². The van der Waals surface area contributed by atoms with Gasteiger partial charge in [-0.25, -0.2) is 4.98 Å². The van der Waals surface area contributed by atoms with Crippen LogP contribution >= 0.6 is 36.2 Å². The van der Waals surface area contributed by atoms with Crippen molar-refractivity contribution in [3.63, 3.8) is 0 Å². The molecule has 1 aromatic heterocycles. The van der Waals surface area contributed by atoms with Gasteiger partial charge in [0.05, 0.1) is 6.04 Å². The van der Waals surface area contributed by atoms with Crippen molar-refractivity contribution >= 4 is 47.2 Å². The molecule has 1 aromatic rings. The fourth-order valence-corrected chi connectivity index (χ4v) is 2.97. The third kappa shape index (κ3) is 5.26. The molecule has 1 aliphatic heterocycles. The Morgan fingerprint density at radius 3 is 2.50 bits per heavy atom. The van der Waals surface area contributed by atoms with Gasteiger partial charge in [-0.2, -0.15) is 0 Å². The lowest BCUT2D eigenvalue weighted by Gasteiger charge is -2.31. The Balaban J connectivity index is 0.00000220. The summed E-state index contributed by atoms with van der Waals surface area (Å²) >= 11 is 1.65. The third-order valence-electron chi connectivity index (χ3n) is 3.70. The average Bonchev–Trinajstić information content (AvgIpc) is 2.81. The van der Waals surface area contributed by atoms with Crippen molar-refractivity contribution in [2.45, 2.75) is 33.2 Å². The molecular weight excluding hydrogens is 343 g/mol. The Morgan fingerprint density at radius 2 is 1.95 bits per heavy atom. The predicted octanol–water partition coefficient (Wildman–Crippen LogP) is 2.40. The first kappa shape index (κ1) is 21.4. The number of nitrogens with two attached hydrogens (primary N) is 1. The highest BCUT2D eigenvalue weighted by Gasteiger charge is 2.31. The number of thiazole rings is 1. The molecule has 0 spiro atoms. The van der Waals surface area contributed by atoms with E-state index < -0.39 is 6.04 Å². The SMILES string of the molecule is CC(C)(C)[C@H](N)C(=O)N1CCCN(c2nccs2)CC1.Cl.Cl. The van der Waals surface area contributed by atoms with Gasteiger partial charge in [-0.1, -0.05) is 20.8 Å². The molecule has 128 valence electrons. The summed E-state index contributed by atoms with van der Waals surface area (Å²) in [7, 11) is 0. The van der Waals surface area contributed by atoms with Crippen molar-refractivity contribution in [3.8, 4) is 0 Å². The van der Waals surface area contributed by atoms with Crippen molar-refractivity contribution in [2.75, 3.05) is 31.1 Å². The van der Waals surface area contributed by atoms with Gasteiger partial charge in [-0.3, -0.25) is 4.79 Å². The molecule has 0 bridgehead atoms. The largest absolute Gasteiger partial charge is 0.346 e. The van der Waals surface area contributed by atoms with E-state index in [1.807, 2.05) is 37.2 Å². The van der Waals surface area contributed by atoms with E-state index in [4.69, 9.17) is 5.73 Å². The number of carbonyl (C=O) groups is 1. The van der Waals surface area contributed by atoms with Crippen LogP contribution in [-0.4, -0.2) is 48.0 Å². The number of rotatable bonds is 2. The van der Waals surface area contributed by atoms with Crippen LogP contribution in [0.1, 0.15) is 27.2 Å². The van der Waals surface area contributed by atoms with E-state index in [9.17, 15) is 4.79 Å². The fourth-order valence-electron chi connectivity index (χ4n) is 2.27. The lowest BCUT2D eigenvalue weighted by atomic mass is 9.86. The Bertz CT molecular complexity index is 450. The Hall–Kier alpha value is -0.560. The number of carbonyl (C=O) groups excluding carboxylic acids is 1. The zero-order valence-electron chi connectivity index (χ0n) is 13.3. The first-order valence-corrected chi connectivity index (χ1v) is 7.96. The minimum atomic E-state index is -0.436. The number of hydrogen-bond donors (Lipinski definition) is 1. The lowest BCUT2D eigenvalue weighted by Crippen LogP contribution is -2.51. The molecule has 2 N–H and O–H groups in total. The second kappa shape index (κ2) is 8.91. The molecule has 0 saturated carbocycles. The predicted molar refractivity (Wildman–Crippen MR) is 97.5 cm³/mol. The summed E-state index contributed by atoms with van der Waals surface area (Å²) in [6.07, 6.45) is 2.78. The van der Waals surface area contributed by atoms with E-state index in [1.54, 1.807) is 11.3 Å². The summed E-state index contributed by atoms with van der Waals surface area (Å²) in [4.78, 5) is 21.0. The molecule has 2 heterocycles. The molecule has 1 saturated heterocycles. The average molecular weight is 369 g/mol. The Labute approximate surface area is 149 Å². The van der Waals surface area contributed by atoms with E-state index in [1.165, 1.54) is 0 Å². The lowest BCUT2D eigenvalue weighted by molar-refractivity contribution is -0.134. The van der Waals surface area contributed by atoms with Crippen LogP contribution in [0.25, 0.3) is 0 Å². The molecule has 0 radical (unpaired) electrons. The van der Waals surface area contributed by atoms with Gasteiger partial charge in [-0.05, 0) is 11.8 Å². The molecule has 22 heavy (non-hydrogen) atoms. The number of halogens is 2. The molecule has 0 aliphatic carbocycles. The summed E-state index contributed by atoms with van der Waals surface area (Å²) < 4.78 is 0. The highest BCUT2D eigenvalue weighted by Crippen LogP contribution is 2.22. The van der Waals surface area contributed by atoms with Gasteiger partial charge in [0, 0.05) is 37.8 Å². The second-order valence-electron chi connectivity index (χ2n) is 6.32. The zero-order chi connectivity index (χ0) is 14.8. The molecule has 0 unspecified atom stereocenters. The summed E-state index contributed by atoms with van der Waals surface area (Å²) in [6, 6.07) is -0.436. The van der Waals surface area contributed by atoms with Crippen LogP contribution in [0.5, 0.6) is 0 Å². The summed E-state index contributed by atoms with van der Waals surface area (Å²) in [6.45, 7) is 9.31. The van der Waals surface area contributed by atoms with Crippen LogP contribution in [-0.2, 0) is 4.79 Å². The second-order valence-corrected chi connectivity index (χ2v) is 7.20. The molecular formula is C14H26Cl2N4OS. The van der Waals surface area contributed by atoms with Gasteiger partial charge in [0.1, 0.15) is 0 Å². The summed E-state index contributed by atoms with van der Waals surface area (Å²) in [5, 5.41) is 3.03. The molecule has 0 aromatic carbocycles. The van der Waals surface area contributed by atoms with Crippen LogP contribution in [0.2, 0.25) is 0 Å². The van der Waals surface area contributed by atoms with Crippen LogP contribution in [0.3, 0.4) is 0 Å². The van der Waals surface area contributed by atoms with Crippen molar-refractivity contribution in [2.24, 2.45) is 11.1 Å². The molecule has 2 rings (SSSR count). The third-order valence-corrected chi connectivity index (χ3v) is 4.53. The Morgan fingerprint density at radius 1 is 1.27 bits per heavy atom. The monoisotopic (exact) mass is 368 g/mol. The van der Waals surface area contributed by atoms with E-state index in [0.29, 0.717) is 0 Å². The molecule has 8 heteroatoms. The van der Waals surface area contributed by atoms with Crippen molar-refractivity contribution in [1.29, 1.82) is 0 Å². The fraction of sp³-hybridized carbons (Fsp3) is 0.714. The van der Waals surface area contributed by atoms with Crippen LogP contribution in [0.15, 0.2) is 11.6 Å². The quantitative estimate of drug-likeness (QED) is 0.870. The van der Waals surface area contributed by atoms with E-state index in [2.05, 4.69) is 9.88 Å². The molecule has 1 fully saturated rings. The highest BCUT2D eigenvalue weighted by atomic mass is 35.5. The van der Waals surface area contributed by atoms with Crippen LogP contribution < -0.4 is 10.6 Å². The van der Waals surface area contributed by atoms with Gasteiger partial charge in [0.2, 0.25) is 5.91 Å². The first-order valence-electron chi connectivity index (χ1n) is 7.08. The number of anilines is 1. The number of nitrogens with zero attached hydrogens (tertiary/aromatic N) is 3. The smallest absolute Gasteiger partial charge is 0.240 e. The van der Waals surface area contributed by atoms with Crippen molar-refractivity contribution < 1.29 is 4.79 Å². The molecule has 1 aliphatic rings. The number of aromatic nitrogens is 1. The van der Waals surface area contributed by atoms with Crippen LogP contribution in [0.4, 0.5) is 5.13 Å². The minimum Gasteiger partial charge on any atom is -0.346 e. The number of amides is 1. The van der Waals surface area contributed by atoms with Gasteiger partial charge in [0.15, 0.2) is 5.13 Å². The van der Waals surface area contributed by atoms with Gasteiger partial charge in [0.25, 0.3) is 0 Å². The number of hydrogen-bond acceptors (Lipinski definition) is 5. The summed E-state index contributed by atoms with van der Waals surface area (Å²) in [5.41, 5.74) is 5.89. The van der Waals surface area contributed by atoms with Crippen LogP contribution in [0, 0.1) is 5.41 Å². The standard InChI is InChI=1S/C14H24N4OS.2ClH/c1-14(2,3)11(15)12(19)17-6-4-7-18(9-8-17)13-16-5-10-20-13;;/h5,10-11H,4,6-9,15H2,1-3H3;2*1H/t11-;;/m1../s1. The topological polar surface area (TPSA) is 62.5 Å². The molecule has 1 atom stereocenters. The Kier molecular flexibility index (Phi) is 8.69. The maximum Gasteiger partial charge on any atom is 0.240 e. The van der Waals surface area contributed by atoms with Crippen molar-refractivity contribution in [1.82, 2.24) is 9.88 Å². The maximum atomic E-state index is 12.5. The normalized spacial score (nSPS) is 17.1. The van der Waals surface area contributed by atoms with Gasteiger partial charge >= 0.3 is 0 Å². The summed E-state index contributed by atoms with van der Waals surface area (Å²) in [5.74, 6) is 0.0680. The highest BCUT2D eigenvalue weighted by molar-refractivity contribution is 7.13. The van der Waals surface area contributed by atoms with E-state index >= 15 is 0 Å². The van der Waals surface area contributed by atoms with E-state index in [-0.39, 0.29) is 36.1 Å². The molecule has 1 amide bonds. The minimum absolute atomic E-state index is 0. The van der Waals surface area contributed by atoms with Crippen molar-refractivity contribution in [3.05, 3.63) is 11.6 Å². The maximum absolute atomic E-state index is 12.5. The zero-order valence-corrected chi connectivity index (χ0v) is 15.8. The first-order chi connectivity index (χ1) is 9.39.